The third-order valence-electron chi connectivity index (χ3n) is 3.96. The van der Waals surface area contributed by atoms with Crippen molar-refractivity contribution in [3.8, 4) is 0 Å². The molecule has 0 amide bonds. The lowest BCUT2D eigenvalue weighted by molar-refractivity contribution is 0.0700. The zero-order chi connectivity index (χ0) is 16.4. The molecule has 0 atom stereocenters. The molecule has 1 N–H and O–H groups in total. The van der Waals surface area contributed by atoms with Gasteiger partial charge in [0.2, 0.25) is 0 Å². The van der Waals surface area contributed by atoms with E-state index in [0.717, 1.165) is 31.3 Å². The van der Waals surface area contributed by atoms with Crippen molar-refractivity contribution in [1.82, 2.24) is 9.97 Å². The zero-order valence-electron chi connectivity index (χ0n) is 13.3. The van der Waals surface area contributed by atoms with Crippen molar-refractivity contribution in [1.29, 1.82) is 0 Å². The summed E-state index contributed by atoms with van der Waals surface area (Å²) in [4.78, 5) is 24.9. The quantitative estimate of drug-likeness (QED) is 0.928. The number of pyridine rings is 1. The lowest BCUT2D eigenvalue weighted by atomic mass is 10.1. The summed E-state index contributed by atoms with van der Waals surface area (Å²) >= 11 is 1.29. The molecule has 1 aliphatic rings. The number of carbonyl (C=O) groups is 1. The highest BCUT2D eigenvalue weighted by Gasteiger charge is 2.25. The fourth-order valence-electron chi connectivity index (χ4n) is 2.71. The first-order valence-corrected chi connectivity index (χ1v) is 8.52. The van der Waals surface area contributed by atoms with Crippen molar-refractivity contribution in [2.45, 2.75) is 19.8 Å². The maximum absolute atomic E-state index is 11.4. The average Bonchev–Trinajstić information content (AvgIpc) is 3.02. The average molecular weight is 332 g/mol. The predicted octanol–water partition coefficient (Wildman–Crippen LogP) is 2.69. The molecule has 23 heavy (non-hydrogen) atoms. The number of hydrogen-bond donors (Lipinski definition) is 1. The van der Waals surface area contributed by atoms with Gasteiger partial charge in [-0.3, -0.25) is 4.98 Å². The number of hydrogen-bond acceptors (Lipinski definition) is 6. The van der Waals surface area contributed by atoms with Crippen molar-refractivity contribution in [3.63, 3.8) is 0 Å². The molecule has 0 aliphatic carbocycles. The monoisotopic (exact) mass is 332 g/mol. The smallest absolute Gasteiger partial charge is 0.347 e. The molecule has 1 aliphatic heterocycles. The minimum atomic E-state index is -0.882. The largest absolute Gasteiger partial charge is 0.477 e. The normalized spacial score (nSPS) is 15.3. The van der Waals surface area contributed by atoms with E-state index in [0.29, 0.717) is 10.6 Å². The first kappa shape index (κ1) is 15.7. The minimum Gasteiger partial charge on any atom is -0.477 e. The van der Waals surface area contributed by atoms with Gasteiger partial charge in [0.05, 0.1) is 5.69 Å². The summed E-state index contributed by atoms with van der Waals surface area (Å²) in [5.74, 6) is -0.767. The van der Waals surface area contributed by atoms with Crippen LogP contribution in [0.5, 0.6) is 0 Å². The first-order chi connectivity index (χ1) is 11.1. The predicted molar refractivity (Wildman–Crippen MR) is 91.8 cm³/mol. The molecule has 6 nitrogen and oxygen atoms in total. The van der Waals surface area contributed by atoms with Crippen LogP contribution in [0.3, 0.4) is 0 Å². The lowest BCUT2D eigenvalue weighted by Gasteiger charge is -2.35. The van der Waals surface area contributed by atoms with Crippen LogP contribution in [0.1, 0.15) is 35.1 Å². The van der Waals surface area contributed by atoms with Crippen molar-refractivity contribution < 1.29 is 9.90 Å². The summed E-state index contributed by atoms with van der Waals surface area (Å²) in [5.41, 5.74) is 1.86. The molecule has 3 heterocycles. The topological polar surface area (TPSA) is 69.6 Å². The van der Waals surface area contributed by atoms with Gasteiger partial charge >= 0.3 is 5.97 Å². The van der Waals surface area contributed by atoms with Crippen molar-refractivity contribution in [3.05, 3.63) is 35.1 Å². The fourth-order valence-corrected chi connectivity index (χ4v) is 3.82. The van der Waals surface area contributed by atoms with E-state index in [-0.39, 0.29) is 5.92 Å². The van der Waals surface area contributed by atoms with Crippen LogP contribution in [0.15, 0.2) is 24.5 Å². The Hall–Kier alpha value is -2.15. The number of nitrogens with zero attached hydrogens (tertiary/aromatic N) is 4. The summed E-state index contributed by atoms with van der Waals surface area (Å²) in [6.07, 6.45) is 3.60. The van der Waals surface area contributed by atoms with Gasteiger partial charge < -0.3 is 14.9 Å². The SMILES string of the molecule is CC(C)c1nc(N2CCN(c3ccncc3)CC2)sc1C(=O)O. The Morgan fingerprint density at radius 1 is 1.17 bits per heavy atom. The molecule has 1 saturated heterocycles. The van der Waals surface area contributed by atoms with Gasteiger partial charge in [-0.1, -0.05) is 25.2 Å². The highest BCUT2D eigenvalue weighted by Crippen LogP contribution is 2.31. The summed E-state index contributed by atoms with van der Waals surface area (Å²) < 4.78 is 0. The van der Waals surface area contributed by atoms with E-state index < -0.39 is 5.97 Å². The molecule has 122 valence electrons. The zero-order valence-corrected chi connectivity index (χ0v) is 14.1. The van der Waals surface area contributed by atoms with Gasteiger partial charge in [0.15, 0.2) is 5.13 Å². The number of anilines is 2. The van der Waals surface area contributed by atoms with Gasteiger partial charge in [-0.15, -0.1) is 0 Å². The van der Waals surface area contributed by atoms with E-state index >= 15 is 0 Å². The number of aromatic carboxylic acids is 1. The molecule has 7 heteroatoms. The third-order valence-corrected chi connectivity index (χ3v) is 5.08. The summed E-state index contributed by atoms with van der Waals surface area (Å²) in [6, 6.07) is 4.02. The second-order valence-electron chi connectivity index (χ2n) is 5.85. The molecule has 2 aromatic rings. The maximum atomic E-state index is 11.4. The van der Waals surface area contributed by atoms with Gasteiger partial charge in [0.25, 0.3) is 0 Å². The molecule has 1 fully saturated rings. The Balaban J connectivity index is 1.73. The Morgan fingerprint density at radius 2 is 1.78 bits per heavy atom. The molecule has 0 unspecified atom stereocenters. The Kier molecular flexibility index (Phi) is 4.47. The van der Waals surface area contributed by atoms with E-state index in [2.05, 4.69) is 19.8 Å². The molecule has 0 bridgehead atoms. The summed E-state index contributed by atoms with van der Waals surface area (Å²) in [6.45, 7) is 7.42. The van der Waals surface area contributed by atoms with Crippen LogP contribution in [0.4, 0.5) is 10.8 Å². The minimum absolute atomic E-state index is 0.115. The summed E-state index contributed by atoms with van der Waals surface area (Å²) in [7, 11) is 0. The number of carboxylic acid groups (broad SMARTS) is 1. The fraction of sp³-hybridized carbons (Fsp3) is 0.438. The summed E-state index contributed by atoms with van der Waals surface area (Å²) in [5, 5.41) is 10.2. The van der Waals surface area contributed by atoms with Gasteiger partial charge in [-0.05, 0) is 18.1 Å². The third kappa shape index (κ3) is 3.29. The van der Waals surface area contributed by atoms with Crippen molar-refractivity contribution in [2.75, 3.05) is 36.0 Å². The number of piperazine rings is 1. The van der Waals surface area contributed by atoms with Crippen molar-refractivity contribution in [2.24, 2.45) is 0 Å². The highest BCUT2D eigenvalue weighted by atomic mass is 32.1. The number of carboxylic acids is 1. The van der Waals surface area contributed by atoms with Crippen LogP contribution in [0.25, 0.3) is 0 Å². The van der Waals surface area contributed by atoms with Crippen molar-refractivity contribution >= 4 is 28.1 Å². The van der Waals surface area contributed by atoms with E-state index in [4.69, 9.17) is 0 Å². The van der Waals surface area contributed by atoms with Gasteiger partial charge in [-0.2, -0.15) is 0 Å². The molecular weight excluding hydrogens is 312 g/mol. The molecule has 0 radical (unpaired) electrons. The molecule has 3 rings (SSSR count). The van der Waals surface area contributed by atoms with Gasteiger partial charge in [0.1, 0.15) is 4.88 Å². The molecule has 0 saturated carbocycles. The highest BCUT2D eigenvalue weighted by molar-refractivity contribution is 7.17. The van der Waals surface area contributed by atoms with E-state index in [1.165, 1.54) is 17.0 Å². The lowest BCUT2D eigenvalue weighted by Crippen LogP contribution is -2.46. The Bertz CT molecular complexity index is 679. The van der Waals surface area contributed by atoms with Crippen LogP contribution < -0.4 is 9.80 Å². The molecule has 2 aromatic heterocycles. The van der Waals surface area contributed by atoms with Crippen LogP contribution >= 0.6 is 11.3 Å². The molecular formula is C16H20N4O2S. The second-order valence-corrected chi connectivity index (χ2v) is 6.83. The van der Waals surface area contributed by atoms with Crippen LogP contribution in [-0.2, 0) is 0 Å². The molecule has 0 spiro atoms. The van der Waals surface area contributed by atoms with Crippen LogP contribution in [-0.4, -0.2) is 47.2 Å². The van der Waals surface area contributed by atoms with Gasteiger partial charge in [0, 0.05) is 44.3 Å². The Morgan fingerprint density at radius 3 is 2.30 bits per heavy atom. The van der Waals surface area contributed by atoms with E-state index in [1.54, 1.807) is 12.4 Å². The number of aromatic nitrogens is 2. The van der Waals surface area contributed by atoms with E-state index in [1.807, 2.05) is 26.0 Å². The van der Waals surface area contributed by atoms with Crippen LogP contribution in [0, 0.1) is 0 Å². The Labute approximate surface area is 139 Å². The second kappa shape index (κ2) is 6.54. The number of rotatable bonds is 4. The van der Waals surface area contributed by atoms with Crippen LogP contribution in [0.2, 0.25) is 0 Å². The first-order valence-electron chi connectivity index (χ1n) is 7.70. The number of thiazole rings is 1. The van der Waals surface area contributed by atoms with E-state index in [9.17, 15) is 9.90 Å². The maximum Gasteiger partial charge on any atom is 0.347 e. The van der Waals surface area contributed by atoms with Gasteiger partial charge in [-0.25, -0.2) is 9.78 Å². The standard InChI is InChI=1S/C16H20N4O2S/c1-11(2)13-14(15(21)22)23-16(18-13)20-9-7-19(8-10-20)12-3-5-17-6-4-12/h3-6,11H,7-10H2,1-2H3,(H,21,22). The molecule has 0 aromatic carbocycles.